The van der Waals surface area contributed by atoms with Crippen molar-refractivity contribution in [3.63, 3.8) is 0 Å². The first-order valence-electron chi connectivity index (χ1n) is 9.33. The zero-order chi connectivity index (χ0) is 19.7. The molecule has 2 aliphatic heterocycles. The minimum absolute atomic E-state index is 0.0855. The minimum Gasteiger partial charge on any atom is -0.337 e. The average Bonchev–Trinajstić information content (AvgIpc) is 3.28. The second kappa shape index (κ2) is 8.41. The van der Waals surface area contributed by atoms with E-state index in [1.807, 2.05) is 9.80 Å². The molecule has 0 aliphatic carbocycles. The van der Waals surface area contributed by atoms with Crippen LogP contribution < -0.4 is 5.32 Å². The molecule has 2 aliphatic rings. The van der Waals surface area contributed by atoms with Gasteiger partial charge in [0.1, 0.15) is 0 Å². The van der Waals surface area contributed by atoms with Gasteiger partial charge < -0.3 is 10.2 Å². The van der Waals surface area contributed by atoms with Crippen LogP contribution in [0.4, 0.5) is 5.69 Å². The Hall–Kier alpha value is -1.60. The van der Waals surface area contributed by atoms with E-state index in [1.165, 1.54) is 10.4 Å². The van der Waals surface area contributed by atoms with Gasteiger partial charge in [0.2, 0.25) is 11.8 Å². The van der Waals surface area contributed by atoms with Crippen molar-refractivity contribution < 1.29 is 9.59 Å². The Kier molecular flexibility index (Phi) is 5.92. The summed E-state index contributed by atoms with van der Waals surface area (Å²) in [5, 5.41) is 5.91. The lowest BCUT2D eigenvalue weighted by atomic mass is 10.1. The maximum absolute atomic E-state index is 12.8. The first kappa shape index (κ1) is 19.7. The highest BCUT2D eigenvalue weighted by Crippen LogP contribution is 2.26. The molecule has 0 saturated carbocycles. The Morgan fingerprint density at radius 1 is 1.18 bits per heavy atom. The number of rotatable bonds is 4. The van der Waals surface area contributed by atoms with Crippen LogP contribution in [0.2, 0.25) is 10.0 Å². The van der Waals surface area contributed by atoms with Crippen LogP contribution in [-0.2, 0) is 22.6 Å². The molecule has 28 heavy (non-hydrogen) atoms. The fourth-order valence-electron chi connectivity index (χ4n) is 3.90. The van der Waals surface area contributed by atoms with E-state index >= 15 is 0 Å². The van der Waals surface area contributed by atoms with Crippen molar-refractivity contribution in [3.05, 3.63) is 50.1 Å². The average molecular weight is 438 g/mol. The summed E-state index contributed by atoms with van der Waals surface area (Å²) in [6.45, 7) is 2.44. The van der Waals surface area contributed by atoms with Crippen LogP contribution in [-0.4, -0.2) is 47.3 Å². The van der Waals surface area contributed by atoms with E-state index in [-0.39, 0.29) is 24.4 Å². The largest absolute Gasteiger partial charge is 0.337 e. The first-order chi connectivity index (χ1) is 13.5. The van der Waals surface area contributed by atoms with Gasteiger partial charge in [0, 0.05) is 33.7 Å². The highest BCUT2D eigenvalue weighted by atomic mass is 35.5. The molecule has 5 nitrogen and oxygen atoms in total. The third-order valence-electron chi connectivity index (χ3n) is 5.30. The van der Waals surface area contributed by atoms with Crippen LogP contribution in [0.5, 0.6) is 0 Å². The fourth-order valence-corrected chi connectivity index (χ4v) is 5.31. The second-order valence-electron chi connectivity index (χ2n) is 7.21. The van der Waals surface area contributed by atoms with E-state index < -0.39 is 0 Å². The van der Waals surface area contributed by atoms with Crippen molar-refractivity contribution in [1.82, 2.24) is 9.80 Å². The number of nitrogens with one attached hydrogen (secondary N) is 1. The van der Waals surface area contributed by atoms with Crippen molar-refractivity contribution in [2.75, 3.05) is 25.0 Å². The molecule has 1 aromatic carbocycles. The molecule has 0 unspecified atom stereocenters. The Labute approximate surface area is 178 Å². The topological polar surface area (TPSA) is 52.7 Å². The van der Waals surface area contributed by atoms with E-state index in [2.05, 4.69) is 16.8 Å². The minimum atomic E-state index is -0.316. The molecule has 2 amide bonds. The van der Waals surface area contributed by atoms with Crippen LogP contribution in [0, 0.1) is 0 Å². The van der Waals surface area contributed by atoms with Gasteiger partial charge in [-0.2, -0.15) is 0 Å². The van der Waals surface area contributed by atoms with Crippen LogP contribution >= 0.6 is 34.5 Å². The number of carbonyl (C=O) groups excluding carboxylic acids is 2. The van der Waals surface area contributed by atoms with Gasteiger partial charge >= 0.3 is 0 Å². The molecule has 1 atom stereocenters. The smallest absolute Gasteiger partial charge is 0.241 e. The SMILES string of the molecule is O=C(Nc1cc(Cl)cc(Cl)c1)[C@H]1CCCN1CC(=O)N1CCc2sccc2C1. The number of nitrogens with zero attached hydrogens (tertiary/aromatic N) is 2. The molecule has 1 saturated heterocycles. The van der Waals surface area contributed by atoms with Crippen molar-refractivity contribution in [2.45, 2.75) is 31.8 Å². The van der Waals surface area contributed by atoms with Gasteiger partial charge in [-0.3, -0.25) is 14.5 Å². The number of likely N-dealkylation sites (tertiary alicyclic amines) is 1. The summed E-state index contributed by atoms with van der Waals surface area (Å²) in [6.07, 6.45) is 2.55. The van der Waals surface area contributed by atoms with Gasteiger partial charge in [0.25, 0.3) is 0 Å². The third kappa shape index (κ3) is 4.35. The lowest BCUT2D eigenvalue weighted by Crippen LogP contribution is -2.47. The van der Waals surface area contributed by atoms with Crippen LogP contribution in [0.3, 0.4) is 0 Å². The highest BCUT2D eigenvalue weighted by molar-refractivity contribution is 7.10. The fraction of sp³-hybridized carbons (Fsp3) is 0.400. The van der Waals surface area contributed by atoms with Crippen LogP contribution in [0.15, 0.2) is 29.6 Å². The molecule has 2 aromatic rings. The zero-order valence-corrected chi connectivity index (χ0v) is 17.6. The van der Waals surface area contributed by atoms with Gasteiger partial charge in [-0.15, -0.1) is 11.3 Å². The number of benzene rings is 1. The number of hydrogen-bond donors (Lipinski definition) is 1. The van der Waals surface area contributed by atoms with Crippen LogP contribution in [0.1, 0.15) is 23.3 Å². The molecule has 148 valence electrons. The number of thiophene rings is 1. The van der Waals surface area contributed by atoms with E-state index in [4.69, 9.17) is 23.2 Å². The summed E-state index contributed by atoms with van der Waals surface area (Å²) >= 11 is 13.8. The molecule has 8 heteroatoms. The predicted molar refractivity (Wildman–Crippen MR) is 113 cm³/mol. The van der Waals surface area contributed by atoms with Gasteiger partial charge in [0.05, 0.1) is 12.6 Å². The van der Waals surface area contributed by atoms with Crippen molar-refractivity contribution in [1.29, 1.82) is 0 Å². The third-order valence-corrected chi connectivity index (χ3v) is 6.75. The number of amides is 2. The lowest BCUT2D eigenvalue weighted by Gasteiger charge is -2.30. The highest BCUT2D eigenvalue weighted by Gasteiger charge is 2.33. The van der Waals surface area contributed by atoms with E-state index in [9.17, 15) is 9.59 Å². The Balaban J connectivity index is 1.38. The summed E-state index contributed by atoms with van der Waals surface area (Å²) in [5.41, 5.74) is 1.82. The number of hydrogen-bond acceptors (Lipinski definition) is 4. The summed E-state index contributed by atoms with van der Waals surface area (Å²) < 4.78 is 0. The number of fused-ring (bicyclic) bond motifs is 1. The Morgan fingerprint density at radius 3 is 2.75 bits per heavy atom. The zero-order valence-electron chi connectivity index (χ0n) is 15.3. The first-order valence-corrected chi connectivity index (χ1v) is 11.0. The standard InChI is InChI=1S/C20H21Cl2N3O2S/c21-14-8-15(22)10-16(9-14)23-20(27)17-2-1-5-24(17)12-19(26)25-6-3-18-13(11-25)4-7-28-18/h4,7-10,17H,1-3,5-6,11-12H2,(H,23,27)/t17-/m1/s1. The van der Waals surface area contributed by atoms with Gasteiger partial charge in [0.15, 0.2) is 0 Å². The monoisotopic (exact) mass is 437 g/mol. The Bertz CT molecular complexity index is 881. The van der Waals surface area contributed by atoms with E-state index in [1.54, 1.807) is 29.5 Å². The van der Waals surface area contributed by atoms with Gasteiger partial charge in [-0.05, 0) is 61.0 Å². The number of carbonyl (C=O) groups is 2. The molecule has 1 fully saturated rings. The maximum atomic E-state index is 12.8. The molecule has 4 rings (SSSR count). The maximum Gasteiger partial charge on any atom is 0.241 e. The lowest BCUT2D eigenvalue weighted by molar-refractivity contribution is -0.134. The molecule has 0 bridgehead atoms. The van der Waals surface area contributed by atoms with E-state index in [0.717, 1.165) is 32.4 Å². The summed E-state index contributed by atoms with van der Waals surface area (Å²) in [6, 6.07) is 6.74. The summed E-state index contributed by atoms with van der Waals surface area (Å²) in [4.78, 5) is 30.9. The molecule has 0 radical (unpaired) electrons. The molecule has 0 spiro atoms. The number of anilines is 1. The normalized spacial score (nSPS) is 19.5. The summed E-state index contributed by atoms with van der Waals surface area (Å²) in [5.74, 6) is -0.0373. The molecule has 1 aromatic heterocycles. The van der Waals surface area contributed by atoms with Crippen molar-refractivity contribution in [3.8, 4) is 0 Å². The van der Waals surface area contributed by atoms with E-state index in [0.29, 0.717) is 22.3 Å². The predicted octanol–water partition coefficient (Wildman–Crippen LogP) is 4.04. The number of halogens is 2. The van der Waals surface area contributed by atoms with Crippen molar-refractivity contribution >= 4 is 52.0 Å². The Morgan fingerprint density at radius 2 is 1.96 bits per heavy atom. The summed E-state index contributed by atoms with van der Waals surface area (Å²) in [7, 11) is 0. The van der Waals surface area contributed by atoms with Crippen LogP contribution in [0.25, 0.3) is 0 Å². The molecule has 3 heterocycles. The molecular weight excluding hydrogens is 417 g/mol. The van der Waals surface area contributed by atoms with Crippen molar-refractivity contribution in [2.24, 2.45) is 0 Å². The van der Waals surface area contributed by atoms with Gasteiger partial charge in [-0.25, -0.2) is 0 Å². The quantitative estimate of drug-likeness (QED) is 0.784. The van der Waals surface area contributed by atoms with Gasteiger partial charge in [-0.1, -0.05) is 23.2 Å². The molecule has 1 N–H and O–H groups in total. The second-order valence-corrected chi connectivity index (χ2v) is 9.08. The molecular formula is C20H21Cl2N3O2S.